The number of rotatable bonds is 4. The molecular formula is C17H25NO4. The molecule has 1 aliphatic heterocycles. The quantitative estimate of drug-likeness (QED) is 0.772. The topological polar surface area (TPSA) is 77.8 Å². The van der Waals surface area contributed by atoms with Gasteiger partial charge in [0.2, 0.25) is 0 Å². The third-order valence-corrected chi connectivity index (χ3v) is 5.47. The van der Waals surface area contributed by atoms with E-state index in [9.17, 15) is 19.8 Å². The summed E-state index contributed by atoms with van der Waals surface area (Å²) >= 11 is 0. The normalized spacial score (nSPS) is 26.4. The lowest BCUT2D eigenvalue weighted by molar-refractivity contribution is -0.146. The molecule has 2 unspecified atom stereocenters. The van der Waals surface area contributed by atoms with E-state index in [-0.39, 0.29) is 24.3 Å². The van der Waals surface area contributed by atoms with Crippen LogP contribution in [0.3, 0.4) is 0 Å². The highest BCUT2D eigenvalue weighted by atomic mass is 16.3. The molecule has 2 atom stereocenters. The Morgan fingerprint density at radius 2 is 1.50 bits per heavy atom. The van der Waals surface area contributed by atoms with Gasteiger partial charge in [-0.2, -0.15) is 0 Å². The summed E-state index contributed by atoms with van der Waals surface area (Å²) in [6.07, 6.45) is 7.45. The molecule has 1 heterocycles. The van der Waals surface area contributed by atoms with E-state index in [2.05, 4.69) is 0 Å². The van der Waals surface area contributed by atoms with E-state index in [1.54, 1.807) is 0 Å². The summed E-state index contributed by atoms with van der Waals surface area (Å²) in [5.41, 5.74) is 1.23. The van der Waals surface area contributed by atoms with E-state index in [0.717, 1.165) is 43.4 Å². The lowest BCUT2D eigenvalue weighted by Gasteiger charge is -2.35. The SMILES string of the molecule is O=C1C2=C(CCCC2)C(=O)N1C(CO)C(O)C1CCCCC1. The van der Waals surface area contributed by atoms with E-state index in [1.165, 1.54) is 6.42 Å². The molecule has 2 amide bonds. The molecule has 3 aliphatic rings. The summed E-state index contributed by atoms with van der Waals surface area (Å²) in [5, 5.41) is 20.4. The zero-order chi connectivity index (χ0) is 15.7. The number of carbonyl (C=O) groups is 2. The molecule has 1 saturated carbocycles. The van der Waals surface area contributed by atoms with Crippen molar-refractivity contribution in [3.05, 3.63) is 11.1 Å². The van der Waals surface area contributed by atoms with Crippen molar-refractivity contribution in [1.82, 2.24) is 4.90 Å². The molecule has 0 aromatic carbocycles. The van der Waals surface area contributed by atoms with E-state index in [4.69, 9.17) is 0 Å². The molecule has 122 valence electrons. The Labute approximate surface area is 131 Å². The zero-order valence-corrected chi connectivity index (χ0v) is 13.0. The Balaban J connectivity index is 1.79. The van der Waals surface area contributed by atoms with Gasteiger partial charge in [-0.15, -0.1) is 0 Å². The first kappa shape index (κ1) is 15.7. The van der Waals surface area contributed by atoms with Gasteiger partial charge in [0.05, 0.1) is 18.8 Å². The number of imide groups is 1. The van der Waals surface area contributed by atoms with Crippen molar-refractivity contribution in [1.29, 1.82) is 0 Å². The van der Waals surface area contributed by atoms with Crippen LogP contribution in [0.4, 0.5) is 0 Å². The zero-order valence-electron chi connectivity index (χ0n) is 13.0. The van der Waals surface area contributed by atoms with Crippen LogP contribution >= 0.6 is 0 Å². The Hall–Kier alpha value is -1.20. The molecule has 0 saturated heterocycles. The number of hydrogen-bond donors (Lipinski definition) is 2. The largest absolute Gasteiger partial charge is 0.394 e. The molecule has 0 bridgehead atoms. The van der Waals surface area contributed by atoms with Gasteiger partial charge in [-0.05, 0) is 44.4 Å². The third-order valence-electron chi connectivity index (χ3n) is 5.47. The highest BCUT2D eigenvalue weighted by Gasteiger charge is 2.45. The van der Waals surface area contributed by atoms with Gasteiger partial charge in [0.15, 0.2) is 0 Å². The summed E-state index contributed by atoms with van der Waals surface area (Å²) in [7, 11) is 0. The van der Waals surface area contributed by atoms with Crippen LogP contribution in [0, 0.1) is 5.92 Å². The number of carbonyl (C=O) groups excluding carboxylic acids is 2. The van der Waals surface area contributed by atoms with Gasteiger partial charge in [0.1, 0.15) is 0 Å². The molecular weight excluding hydrogens is 282 g/mol. The van der Waals surface area contributed by atoms with Gasteiger partial charge >= 0.3 is 0 Å². The molecule has 5 heteroatoms. The second kappa shape index (κ2) is 6.50. The van der Waals surface area contributed by atoms with Crippen LogP contribution < -0.4 is 0 Å². The van der Waals surface area contributed by atoms with E-state index in [1.807, 2.05) is 0 Å². The van der Waals surface area contributed by atoms with Crippen molar-refractivity contribution in [3.63, 3.8) is 0 Å². The Kier molecular flexibility index (Phi) is 4.64. The number of aliphatic hydroxyl groups excluding tert-OH is 2. The van der Waals surface area contributed by atoms with Crippen LogP contribution in [0.15, 0.2) is 11.1 Å². The van der Waals surface area contributed by atoms with Crippen molar-refractivity contribution in [3.8, 4) is 0 Å². The maximum absolute atomic E-state index is 12.6. The fraction of sp³-hybridized carbons (Fsp3) is 0.765. The number of aliphatic hydroxyl groups is 2. The Morgan fingerprint density at radius 1 is 0.955 bits per heavy atom. The van der Waals surface area contributed by atoms with Crippen molar-refractivity contribution < 1.29 is 19.8 Å². The molecule has 0 spiro atoms. The summed E-state index contributed by atoms with van der Waals surface area (Å²) in [6, 6.07) is -0.798. The minimum atomic E-state index is -0.820. The van der Waals surface area contributed by atoms with Crippen molar-refractivity contribution in [2.45, 2.75) is 69.9 Å². The Bertz CT molecular complexity index is 465. The average Bonchev–Trinajstić information content (AvgIpc) is 2.82. The smallest absolute Gasteiger partial charge is 0.257 e. The Morgan fingerprint density at radius 3 is 2.00 bits per heavy atom. The highest BCUT2D eigenvalue weighted by molar-refractivity contribution is 6.19. The van der Waals surface area contributed by atoms with Crippen LogP contribution in [0.1, 0.15) is 57.8 Å². The van der Waals surface area contributed by atoms with Crippen molar-refractivity contribution in [2.24, 2.45) is 5.92 Å². The second-order valence-electron chi connectivity index (χ2n) is 6.78. The van der Waals surface area contributed by atoms with Gasteiger partial charge < -0.3 is 10.2 Å². The summed E-state index contributed by atoms with van der Waals surface area (Å²) < 4.78 is 0. The molecule has 1 fully saturated rings. The molecule has 0 radical (unpaired) electrons. The minimum Gasteiger partial charge on any atom is -0.394 e. The first-order valence-corrected chi connectivity index (χ1v) is 8.54. The lowest BCUT2D eigenvalue weighted by Crippen LogP contribution is -2.52. The minimum absolute atomic E-state index is 0.0733. The van der Waals surface area contributed by atoms with Crippen LogP contribution in [0.25, 0.3) is 0 Å². The standard InChI is InChI=1S/C17H25NO4/c19-10-14(15(20)11-6-2-1-3-7-11)18-16(21)12-8-4-5-9-13(12)17(18)22/h11,14-15,19-20H,1-10H2. The molecule has 22 heavy (non-hydrogen) atoms. The molecule has 3 rings (SSSR count). The predicted octanol–water partition coefficient (Wildman–Crippen LogP) is 1.53. The van der Waals surface area contributed by atoms with E-state index < -0.39 is 12.1 Å². The van der Waals surface area contributed by atoms with Crippen molar-refractivity contribution in [2.75, 3.05) is 6.61 Å². The number of hydrogen-bond acceptors (Lipinski definition) is 4. The van der Waals surface area contributed by atoms with Gasteiger partial charge in [0.25, 0.3) is 11.8 Å². The fourth-order valence-electron chi connectivity index (χ4n) is 4.19. The molecule has 2 N–H and O–H groups in total. The van der Waals surface area contributed by atoms with E-state index >= 15 is 0 Å². The maximum atomic E-state index is 12.6. The summed E-state index contributed by atoms with van der Waals surface area (Å²) in [4.78, 5) is 26.3. The van der Waals surface area contributed by atoms with Gasteiger partial charge in [0, 0.05) is 11.1 Å². The average molecular weight is 307 g/mol. The molecule has 2 aliphatic carbocycles. The van der Waals surface area contributed by atoms with Crippen LogP contribution in [-0.4, -0.2) is 45.7 Å². The number of nitrogens with zero attached hydrogens (tertiary/aromatic N) is 1. The van der Waals surface area contributed by atoms with Crippen LogP contribution in [0.5, 0.6) is 0 Å². The van der Waals surface area contributed by atoms with Crippen LogP contribution in [-0.2, 0) is 9.59 Å². The lowest BCUT2D eigenvalue weighted by atomic mass is 9.82. The predicted molar refractivity (Wildman–Crippen MR) is 80.8 cm³/mol. The van der Waals surface area contributed by atoms with E-state index in [0.29, 0.717) is 24.0 Å². The molecule has 0 aromatic rings. The summed E-state index contributed by atoms with van der Waals surface area (Å²) in [5.74, 6) is -0.494. The first-order chi connectivity index (χ1) is 10.6. The molecule has 0 aromatic heterocycles. The number of amides is 2. The van der Waals surface area contributed by atoms with Gasteiger partial charge in [-0.1, -0.05) is 19.3 Å². The fourth-order valence-corrected chi connectivity index (χ4v) is 4.19. The third kappa shape index (κ3) is 2.61. The monoisotopic (exact) mass is 307 g/mol. The van der Waals surface area contributed by atoms with Crippen LogP contribution in [0.2, 0.25) is 0 Å². The molecule has 5 nitrogen and oxygen atoms in total. The summed E-state index contributed by atoms with van der Waals surface area (Å²) in [6.45, 7) is -0.365. The highest BCUT2D eigenvalue weighted by Crippen LogP contribution is 2.36. The van der Waals surface area contributed by atoms with Crippen molar-refractivity contribution >= 4 is 11.8 Å². The van der Waals surface area contributed by atoms with Gasteiger partial charge in [-0.3, -0.25) is 14.5 Å². The van der Waals surface area contributed by atoms with Gasteiger partial charge in [-0.25, -0.2) is 0 Å². The second-order valence-corrected chi connectivity index (χ2v) is 6.78. The maximum Gasteiger partial charge on any atom is 0.257 e. The first-order valence-electron chi connectivity index (χ1n) is 8.54.